The van der Waals surface area contributed by atoms with Crippen LogP contribution in [0.5, 0.6) is 0 Å². The highest BCUT2D eigenvalue weighted by atomic mass is 16.2. The summed E-state index contributed by atoms with van der Waals surface area (Å²) in [7, 11) is 0. The summed E-state index contributed by atoms with van der Waals surface area (Å²) in [6.45, 7) is 2.68. The predicted molar refractivity (Wildman–Crippen MR) is 93.3 cm³/mol. The molecule has 0 N–H and O–H groups in total. The van der Waals surface area contributed by atoms with E-state index in [-0.39, 0.29) is 0 Å². The fraction of sp³-hybridized carbons (Fsp3) is 0.900. The van der Waals surface area contributed by atoms with Crippen molar-refractivity contribution < 1.29 is 9.59 Å². The van der Waals surface area contributed by atoms with E-state index in [1.54, 1.807) is 0 Å². The molecule has 24 heavy (non-hydrogen) atoms. The highest BCUT2D eigenvalue weighted by Crippen LogP contribution is 2.38. The number of likely N-dealkylation sites (tertiary alicyclic amines) is 1. The highest BCUT2D eigenvalue weighted by Gasteiger charge is 2.44. The zero-order chi connectivity index (χ0) is 16.5. The van der Waals surface area contributed by atoms with Crippen LogP contribution in [0.4, 0.5) is 0 Å². The van der Waals surface area contributed by atoms with Gasteiger partial charge < -0.3 is 9.80 Å². The molecule has 0 spiro atoms. The molecule has 3 saturated heterocycles. The van der Waals surface area contributed by atoms with Crippen molar-refractivity contribution in [1.29, 1.82) is 0 Å². The van der Waals surface area contributed by atoms with Crippen molar-refractivity contribution in [2.45, 2.75) is 76.7 Å². The third kappa shape index (κ3) is 3.34. The third-order valence-electron chi connectivity index (χ3n) is 7.02. The molecule has 4 nitrogen and oxygen atoms in total. The van der Waals surface area contributed by atoms with Crippen LogP contribution < -0.4 is 0 Å². The second-order valence-electron chi connectivity index (χ2n) is 8.71. The van der Waals surface area contributed by atoms with Crippen LogP contribution >= 0.6 is 0 Å². The van der Waals surface area contributed by atoms with E-state index in [1.807, 2.05) is 0 Å². The zero-order valence-electron chi connectivity index (χ0n) is 14.9. The van der Waals surface area contributed by atoms with Gasteiger partial charge >= 0.3 is 0 Å². The molecule has 1 aliphatic carbocycles. The topological polar surface area (TPSA) is 40.6 Å². The molecule has 0 aromatic heterocycles. The Balaban J connectivity index is 1.33. The second-order valence-corrected chi connectivity index (χ2v) is 8.71. The van der Waals surface area contributed by atoms with E-state index in [2.05, 4.69) is 9.80 Å². The van der Waals surface area contributed by atoms with E-state index in [0.717, 1.165) is 57.7 Å². The van der Waals surface area contributed by atoms with Gasteiger partial charge in [-0.3, -0.25) is 9.59 Å². The van der Waals surface area contributed by atoms with Crippen molar-refractivity contribution in [2.75, 3.05) is 19.6 Å². The number of carbonyl (C=O) groups is 2. The Morgan fingerprint density at radius 3 is 2.67 bits per heavy atom. The number of nitrogens with zero attached hydrogens (tertiary/aromatic N) is 2. The van der Waals surface area contributed by atoms with E-state index in [4.69, 9.17) is 0 Å². The van der Waals surface area contributed by atoms with Crippen LogP contribution in [-0.4, -0.2) is 47.3 Å². The van der Waals surface area contributed by atoms with Crippen LogP contribution in [0.25, 0.3) is 0 Å². The van der Waals surface area contributed by atoms with Crippen molar-refractivity contribution in [1.82, 2.24) is 9.80 Å². The molecule has 3 heterocycles. The maximum absolute atomic E-state index is 12.7. The molecule has 3 aliphatic heterocycles. The third-order valence-corrected chi connectivity index (χ3v) is 7.02. The Labute approximate surface area is 145 Å². The lowest BCUT2D eigenvalue weighted by Crippen LogP contribution is -2.61. The average Bonchev–Trinajstić information content (AvgIpc) is 2.61. The maximum atomic E-state index is 12.7. The van der Waals surface area contributed by atoms with Gasteiger partial charge in [-0.2, -0.15) is 0 Å². The fourth-order valence-corrected chi connectivity index (χ4v) is 5.78. The number of amides is 2. The molecule has 4 heteroatoms. The lowest BCUT2D eigenvalue weighted by molar-refractivity contribution is -0.148. The van der Waals surface area contributed by atoms with Gasteiger partial charge in [-0.05, 0) is 43.4 Å². The van der Waals surface area contributed by atoms with Crippen LogP contribution in [0, 0.1) is 17.8 Å². The van der Waals surface area contributed by atoms with Gasteiger partial charge in [-0.1, -0.05) is 32.1 Å². The Bertz CT molecular complexity index is 486. The fourth-order valence-electron chi connectivity index (χ4n) is 5.78. The molecular formula is C20H32N2O2. The zero-order valence-corrected chi connectivity index (χ0v) is 14.9. The molecule has 0 aromatic carbocycles. The Kier molecular flexibility index (Phi) is 4.82. The van der Waals surface area contributed by atoms with Gasteiger partial charge in [0.2, 0.25) is 11.8 Å². The van der Waals surface area contributed by atoms with Crippen molar-refractivity contribution >= 4 is 11.8 Å². The molecule has 134 valence electrons. The predicted octanol–water partition coefficient (Wildman–Crippen LogP) is 3.21. The molecule has 2 amide bonds. The Morgan fingerprint density at radius 2 is 1.83 bits per heavy atom. The van der Waals surface area contributed by atoms with Crippen molar-refractivity contribution in [3.8, 4) is 0 Å². The van der Waals surface area contributed by atoms with Gasteiger partial charge in [0.15, 0.2) is 0 Å². The van der Waals surface area contributed by atoms with E-state index in [1.165, 1.54) is 38.5 Å². The smallest absolute Gasteiger partial charge is 0.222 e. The monoisotopic (exact) mass is 332 g/mol. The number of rotatable bonds is 3. The average molecular weight is 332 g/mol. The van der Waals surface area contributed by atoms with Crippen molar-refractivity contribution in [3.63, 3.8) is 0 Å². The summed E-state index contributed by atoms with van der Waals surface area (Å²) in [5.41, 5.74) is 0. The van der Waals surface area contributed by atoms with Gasteiger partial charge in [0.25, 0.3) is 0 Å². The number of fused-ring (bicyclic) bond motifs is 4. The normalized spacial score (nSPS) is 34.2. The summed E-state index contributed by atoms with van der Waals surface area (Å²) in [6, 6.07) is 0.413. The maximum Gasteiger partial charge on any atom is 0.222 e. The van der Waals surface area contributed by atoms with Gasteiger partial charge in [-0.15, -0.1) is 0 Å². The molecule has 4 aliphatic rings. The number of hydrogen-bond donors (Lipinski definition) is 0. The first-order valence-electron chi connectivity index (χ1n) is 10.3. The van der Waals surface area contributed by atoms with Crippen molar-refractivity contribution in [3.05, 3.63) is 0 Å². The molecule has 0 aromatic rings. The molecule has 0 radical (unpaired) electrons. The van der Waals surface area contributed by atoms with E-state index in [9.17, 15) is 9.59 Å². The summed E-state index contributed by atoms with van der Waals surface area (Å²) >= 11 is 0. The molecule has 4 rings (SSSR count). The summed E-state index contributed by atoms with van der Waals surface area (Å²) in [6.07, 6.45) is 12.8. The molecule has 4 fully saturated rings. The van der Waals surface area contributed by atoms with Crippen LogP contribution in [0.15, 0.2) is 0 Å². The molecule has 2 bridgehead atoms. The minimum atomic E-state index is 0.359. The van der Waals surface area contributed by atoms with Crippen LogP contribution in [0.3, 0.4) is 0 Å². The standard InChI is InChI=1S/C20H32N2O2/c23-19(10-9-15-5-2-1-3-6-15)21-12-16-11-17(14-21)18-7-4-8-20(24)22(18)13-16/h15-18H,1-14H2/t16-,17+,18+/m0/s1. The van der Waals surface area contributed by atoms with E-state index in [0.29, 0.717) is 29.7 Å². The van der Waals surface area contributed by atoms with Gasteiger partial charge in [0.05, 0.1) is 0 Å². The molecule has 3 atom stereocenters. The Morgan fingerprint density at radius 1 is 1.00 bits per heavy atom. The summed E-state index contributed by atoms with van der Waals surface area (Å²) in [5.74, 6) is 2.57. The summed E-state index contributed by atoms with van der Waals surface area (Å²) < 4.78 is 0. The number of piperidine rings is 3. The summed E-state index contributed by atoms with van der Waals surface area (Å²) in [4.78, 5) is 29.2. The lowest BCUT2D eigenvalue weighted by atomic mass is 9.76. The van der Waals surface area contributed by atoms with Crippen LogP contribution in [0.2, 0.25) is 0 Å². The first-order chi connectivity index (χ1) is 11.7. The van der Waals surface area contributed by atoms with Gasteiger partial charge in [0.1, 0.15) is 0 Å². The first-order valence-corrected chi connectivity index (χ1v) is 10.3. The molecule has 0 unspecified atom stereocenters. The van der Waals surface area contributed by atoms with E-state index < -0.39 is 0 Å². The van der Waals surface area contributed by atoms with Crippen molar-refractivity contribution in [2.24, 2.45) is 17.8 Å². The SMILES string of the molecule is O=C(CCC1CCCCC1)N1C[C@@H]2C[C@H](C1)[C@H]1CCCC(=O)N1C2. The second kappa shape index (κ2) is 7.05. The molecular weight excluding hydrogens is 300 g/mol. The van der Waals surface area contributed by atoms with Gasteiger partial charge in [-0.25, -0.2) is 0 Å². The lowest BCUT2D eigenvalue weighted by Gasteiger charge is -2.52. The molecule has 1 saturated carbocycles. The van der Waals surface area contributed by atoms with Crippen LogP contribution in [-0.2, 0) is 9.59 Å². The van der Waals surface area contributed by atoms with Gasteiger partial charge in [0, 0.05) is 38.5 Å². The minimum absolute atomic E-state index is 0.359. The minimum Gasteiger partial charge on any atom is -0.342 e. The quantitative estimate of drug-likeness (QED) is 0.796. The summed E-state index contributed by atoms with van der Waals surface area (Å²) in [5, 5.41) is 0. The highest BCUT2D eigenvalue weighted by molar-refractivity contribution is 5.78. The van der Waals surface area contributed by atoms with E-state index >= 15 is 0 Å². The largest absolute Gasteiger partial charge is 0.342 e. The Hall–Kier alpha value is -1.06. The van der Waals surface area contributed by atoms with Crippen LogP contribution in [0.1, 0.15) is 70.6 Å². The first kappa shape index (κ1) is 16.4. The number of hydrogen-bond acceptors (Lipinski definition) is 2. The number of carbonyl (C=O) groups excluding carboxylic acids is 2.